The average molecular weight is 221 g/mol. The van der Waals surface area contributed by atoms with Crippen LogP contribution < -0.4 is 0 Å². The number of hydrogen-bond acceptors (Lipinski definition) is 1. The lowest BCUT2D eigenvalue weighted by atomic mass is 10.3. The van der Waals surface area contributed by atoms with Crippen LogP contribution in [0, 0.1) is 0 Å². The minimum atomic E-state index is 0.993. The summed E-state index contributed by atoms with van der Waals surface area (Å²) in [5.74, 6) is 0.993. The van der Waals surface area contributed by atoms with Gasteiger partial charge in [0.25, 0.3) is 0 Å². The Morgan fingerprint density at radius 3 is 2.29 bits per heavy atom. The van der Waals surface area contributed by atoms with Gasteiger partial charge in [-0.15, -0.1) is 0 Å². The van der Waals surface area contributed by atoms with Crippen molar-refractivity contribution in [2.24, 2.45) is 7.05 Å². The van der Waals surface area contributed by atoms with E-state index in [1.54, 1.807) is 0 Å². The molecule has 82 valence electrons. The first-order valence-electron chi connectivity index (χ1n) is 5.67. The third-order valence-corrected chi connectivity index (χ3v) is 3.33. The van der Waals surface area contributed by atoms with Gasteiger partial charge in [0, 0.05) is 7.05 Å². The lowest BCUT2D eigenvalue weighted by Crippen LogP contribution is -1.87. The smallest absolute Gasteiger partial charge is 0.215 e. The first kappa shape index (κ1) is 8.82. The maximum Gasteiger partial charge on any atom is 0.215 e. The number of aryl methyl sites for hydroxylation is 1. The van der Waals surface area contributed by atoms with E-state index < -0.39 is 0 Å². The van der Waals surface area contributed by atoms with Gasteiger partial charge in [-0.3, -0.25) is 4.40 Å². The number of hydrogen-bond donors (Lipinski definition) is 0. The van der Waals surface area contributed by atoms with E-state index in [9.17, 15) is 0 Å². The molecule has 3 heteroatoms. The molecule has 0 bridgehead atoms. The molecule has 17 heavy (non-hydrogen) atoms. The third-order valence-electron chi connectivity index (χ3n) is 3.33. The quantitative estimate of drug-likeness (QED) is 0.447. The highest BCUT2D eigenvalue weighted by Crippen LogP contribution is 2.24. The van der Waals surface area contributed by atoms with Gasteiger partial charge in [-0.2, -0.15) is 0 Å². The van der Waals surface area contributed by atoms with E-state index >= 15 is 0 Å². The highest BCUT2D eigenvalue weighted by Gasteiger charge is 2.12. The Morgan fingerprint density at radius 2 is 1.47 bits per heavy atom. The Bertz CT molecular complexity index is 852. The summed E-state index contributed by atoms with van der Waals surface area (Å²) in [6.07, 6.45) is 0. The molecule has 0 aliphatic rings. The van der Waals surface area contributed by atoms with Crippen molar-refractivity contribution in [2.45, 2.75) is 0 Å². The Morgan fingerprint density at radius 1 is 0.824 bits per heavy atom. The van der Waals surface area contributed by atoms with E-state index in [1.807, 2.05) is 6.07 Å². The van der Waals surface area contributed by atoms with E-state index in [0.717, 1.165) is 11.3 Å². The van der Waals surface area contributed by atoms with Crippen LogP contribution in [0.4, 0.5) is 0 Å². The molecule has 0 atom stereocenters. The largest absolute Gasteiger partial charge is 0.313 e. The minimum Gasteiger partial charge on any atom is -0.313 e. The molecule has 4 rings (SSSR count). The monoisotopic (exact) mass is 221 g/mol. The van der Waals surface area contributed by atoms with Crippen molar-refractivity contribution in [3.8, 4) is 0 Å². The first-order chi connectivity index (χ1) is 8.36. The predicted octanol–water partition coefficient (Wildman–Crippen LogP) is 2.98. The minimum absolute atomic E-state index is 0.993. The molecular weight excluding hydrogens is 210 g/mol. The third kappa shape index (κ3) is 0.984. The highest BCUT2D eigenvalue weighted by atomic mass is 15.2. The Hall–Kier alpha value is -2.29. The molecule has 0 saturated heterocycles. The van der Waals surface area contributed by atoms with Crippen LogP contribution in [0.2, 0.25) is 0 Å². The topological polar surface area (TPSA) is 22.2 Å². The predicted molar refractivity (Wildman–Crippen MR) is 69.2 cm³/mol. The van der Waals surface area contributed by atoms with Gasteiger partial charge < -0.3 is 4.57 Å². The van der Waals surface area contributed by atoms with Crippen LogP contribution in [0.15, 0.2) is 48.5 Å². The number of aromatic nitrogens is 3. The van der Waals surface area contributed by atoms with Crippen LogP contribution in [-0.2, 0) is 7.05 Å². The molecule has 4 aromatic rings. The molecular formula is C14H11N3. The van der Waals surface area contributed by atoms with Crippen LogP contribution in [0.25, 0.3) is 27.8 Å². The summed E-state index contributed by atoms with van der Waals surface area (Å²) < 4.78 is 4.35. The Labute approximate surface area is 97.9 Å². The second kappa shape index (κ2) is 2.88. The molecule has 0 fully saturated rings. The zero-order valence-corrected chi connectivity index (χ0v) is 9.46. The number of fused-ring (bicyclic) bond motifs is 5. The van der Waals surface area contributed by atoms with Crippen LogP contribution in [-0.4, -0.2) is 14.0 Å². The Balaban J connectivity index is 2.41. The fourth-order valence-electron chi connectivity index (χ4n) is 2.52. The van der Waals surface area contributed by atoms with E-state index in [-0.39, 0.29) is 0 Å². The van der Waals surface area contributed by atoms with Gasteiger partial charge in [0.1, 0.15) is 0 Å². The first-order valence-corrected chi connectivity index (χ1v) is 5.67. The summed E-state index contributed by atoms with van der Waals surface area (Å²) in [7, 11) is 2.06. The van der Waals surface area contributed by atoms with Crippen molar-refractivity contribution in [3.05, 3.63) is 48.5 Å². The average Bonchev–Trinajstić information content (AvgIpc) is 2.88. The number of para-hydroxylation sites is 4. The molecule has 0 N–H and O–H groups in total. The van der Waals surface area contributed by atoms with Crippen molar-refractivity contribution in [3.63, 3.8) is 0 Å². The molecule has 0 spiro atoms. The normalized spacial score (nSPS) is 11.8. The van der Waals surface area contributed by atoms with Gasteiger partial charge in [0.15, 0.2) is 0 Å². The van der Waals surface area contributed by atoms with Gasteiger partial charge >= 0.3 is 0 Å². The Kier molecular flexibility index (Phi) is 1.50. The van der Waals surface area contributed by atoms with Crippen LogP contribution >= 0.6 is 0 Å². The molecule has 0 saturated carbocycles. The summed E-state index contributed by atoms with van der Waals surface area (Å²) in [6.45, 7) is 0. The SMILES string of the molecule is Cn1c2ccccc2n2c3ccccc3nc12. The number of imidazole rings is 2. The van der Waals surface area contributed by atoms with Crippen LogP contribution in [0.5, 0.6) is 0 Å². The second-order valence-corrected chi connectivity index (χ2v) is 4.28. The highest BCUT2D eigenvalue weighted by molar-refractivity contribution is 5.90. The zero-order chi connectivity index (χ0) is 11.4. The molecule has 3 nitrogen and oxygen atoms in total. The summed E-state index contributed by atoms with van der Waals surface area (Å²) in [5.41, 5.74) is 4.63. The summed E-state index contributed by atoms with van der Waals surface area (Å²) >= 11 is 0. The van der Waals surface area contributed by atoms with Crippen LogP contribution in [0.1, 0.15) is 0 Å². The molecule has 2 heterocycles. The van der Waals surface area contributed by atoms with E-state index in [1.165, 1.54) is 16.6 Å². The lowest BCUT2D eigenvalue weighted by Gasteiger charge is -1.94. The fourth-order valence-corrected chi connectivity index (χ4v) is 2.52. The molecule has 0 aliphatic carbocycles. The number of benzene rings is 2. The van der Waals surface area contributed by atoms with Gasteiger partial charge in [-0.05, 0) is 24.3 Å². The zero-order valence-electron chi connectivity index (χ0n) is 9.46. The standard InChI is InChI=1S/C14H11N3/c1-16-12-8-4-5-9-13(12)17-11-7-3-2-6-10(11)15-14(16)17/h2-9H,1H3. The lowest BCUT2D eigenvalue weighted by molar-refractivity contribution is 0.973. The second-order valence-electron chi connectivity index (χ2n) is 4.28. The van der Waals surface area contributed by atoms with Gasteiger partial charge in [-0.1, -0.05) is 24.3 Å². The van der Waals surface area contributed by atoms with Gasteiger partial charge in [0.2, 0.25) is 5.78 Å². The fraction of sp³-hybridized carbons (Fsp3) is 0.0714. The molecule has 0 radical (unpaired) electrons. The summed E-state index contributed by atoms with van der Waals surface area (Å²) in [4.78, 5) is 4.68. The number of rotatable bonds is 0. The van der Waals surface area contributed by atoms with E-state index in [0.29, 0.717) is 0 Å². The molecule has 0 unspecified atom stereocenters. The van der Waals surface area contributed by atoms with Crippen molar-refractivity contribution < 1.29 is 0 Å². The van der Waals surface area contributed by atoms with Crippen molar-refractivity contribution in [2.75, 3.05) is 0 Å². The van der Waals surface area contributed by atoms with Crippen molar-refractivity contribution in [1.29, 1.82) is 0 Å². The molecule has 0 aliphatic heterocycles. The van der Waals surface area contributed by atoms with Crippen LogP contribution in [0.3, 0.4) is 0 Å². The van der Waals surface area contributed by atoms with Crippen molar-refractivity contribution in [1.82, 2.24) is 14.0 Å². The van der Waals surface area contributed by atoms with Gasteiger partial charge in [-0.25, -0.2) is 4.98 Å². The maximum atomic E-state index is 4.68. The van der Waals surface area contributed by atoms with Gasteiger partial charge in [0.05, 0.1) is 22.1 Å². The van der Waals surface area contributed by atoms with Crippen molar-refractivity contribution >= 4 is 27.8 Å². The van der Waals surface area contributed by atoms with E-state index in [4.69, 9.17) is 0 Å². The molecule has 2 aromatic heterocycles. The summed E-state index contributed by atoms with van der Waals surface area (Å²) in [5, 5.41) is 0. The maximum absolute atomic E-state index is 4.68. The molecule has 2 aromatic carbocycles. The molecule has 0 amide bonds. The summed E-state index contributed by atoms with van der Waals surface area (Å²) in [6, 6.07) is 16.6. The number of nitrogens with zero attached hydrogens (tertiary/aromatic N) is 3. The van der Waals surface area contributed by atoms with E-state index in [2.05, 4.69) is 63.5 Å².